The van der Waals surface area contributed by atoms with Gasteiger partial charge in [0, 0.05) is 12.2 Å². The smallest absolute Gasteiger partial charge is 0.304 e. The first-order valence-electron chi connectivity index (χ1n) is 8.53. The molecular weight excluding hydrogens is 367 g/mol. The van der Waals surface area contributed by atoms with Crippen LogP contribution in [0.3, 0.4) is 0 Å². The van der Waals surface area contributed by atoms with Crippen LogP contribution in [0.4, 0.5) is 18.9 Å². The summed E-state index contributed by atoms with van der Waals surface area (Å²) in [5, 5.41) is 4.14. The number of aromatic nitrogens is 2. The van der Waals surface area contributed by atoms with E-state index >= 15 is 0 Å². The number of hydrogen-bond acceptors (Lipinski definition) is 2. The van der Waals surface area contributed by atoms with E-state index in [0.717, 1.165) is 12.1 Å². The molecule has 0 spiro atoms. The zero-order valence-electron chi connectivity index (χ0n) is 15.1. The lowest BCUT2D eigenvalue weighted by Gasteiger charge is -2.21. The lowest BCUT2D eigenvalue weighted by molar-refractivity contribution is -0.137. The average molecular weight is 385 g/mol. The molecule has 0 saturated heterocycles. The maximum absolute atomic E-state index is 13.1. The Bertz CT molecular complexity index is 994. The van der Waals surface area contributed by atoms with E-state index in [0.29, 0.717) is 16.9 Å². The van der Waals surface area contributed by atoms with Crippen LogP contribution >= 0.6 is 0 Å². The summed E-state index contributed by atoms with van der Waals surface area (Å²) in [6.45, 7) is 5.63. The lowest BCUT2D eigenvalue weighted by atomic mass is 10.1. The van der Waals surface area contributed by atoms with Crippen molar-refractivity contribution >= 4 is 11.6 Å². The van der Waals surface area contributed by atoms with Crippen LogP contribution in [0.5, 0.6) is 0 Å². The number of anilines is 1. The summed E-state index contributed by atoms with van der Waals surface area (Å²) in [6.07, 6.45) is -1.47. The summed E-state index contributed by atoms with van der Waals surface area (Å²) in [6, 6.07) is 13.9. The molecule has 7 heteroatoms. The highest BCUT2D eigenvalue weighted by Crippen LogP contribution is 2.30. The molecule has 0 radical (unpaired) electrons. The second kappa shape index (κ2) is 7.72. The molecule has 2 aromatic carbocycles. The quantitative estimate of drug-likeness (QED) is 0.578. The van der Waals surface area contributed by atoms with E-state index < -0.39 is 11.7 Å². The zero-order valence-corrected chi connectivity index (χ0v) is 15.1. The van der Waals surface area contributed by atoms with E-state index in [4.69, 9.17) is 0 Å². The summed E-state index contributed by atoms with van der Waals surface area (Å²) in [5.74, 6) is -0.304. The molecule has 1 heterocycles. The minimum Gasteiger partial charge on any atom is -0.304 e. The van der Waals surface area contributed by atoms with E-state index in [1.165, 1.54) is 27.9 Å². The number of carbonyl (C=O) groups excluding carboxylic acids is 1. The van der Waals surface area contributed by atoms with Crippen LogP contribution in [-0.4, -0.2) is 22.2 Å². The van der Waals surface area contributed by atoms with E-state index in [1.807, 2.05) is 18.2 Å². The Labute approximate surface area is 160 Å². The fourth-order valence-corrected chi connectivity index (χ4v) is 2.88. The Balaban J connectivity index is 1.98. The van der Waals surface area contributed by atoms with Crippen LogP contribution in [0.2, 0.25) is 0 Å². The molecular formula is C21H18F3N3O. The van der Waals surface area contributed by atoms with Gasteiger partial charge in [-0.1, -0.05) is 30.3 Å². The van der Waals surface area contributed by atoms with Gasteiger partial charge in [-0.05, 0) is 37.3 Å². The maximum Gasteiger partial charge on any atom is 0.416 e. The lowest BCUT2D eigenvalue weighted by Crippen LogP contribution is -2.31. The van der Waals surface area contributed by atoms with Gasteiger partial charge < -0.3 is 4.90 Å². The number of para-hydroxylation sites is 1. The molecule has 1 amide bonds. The third-order valence-corrected chi connectivity index (χ3v) is 4.28. The Kier molecular flexibility index (Phi) is 5.35. The second-order valence-corrected chi connectivity index (χ2v) is 6.14. The Morgan fingerprint density at radius 3 is 2.54 bits per heavy atom. The van der Waals surface area contributed by atoms with Gasteiger partial charge in [0.15, 0.2) is 0 Å². The number of nitrogens with zero attached hydrogens (tertiary/aromatic N) is 3. The van der Waals surface area contributed by atoms with Crippen LogP contribution in [0, 0.1) is 6.92 Å². The van der Waals surface area contributed by atoms with Gasteiger partial charge in [-0.25, -0.2) is 4.68 Å². The molecule has 3 rings (SSSR count). The summed E-state index contributed by atoms with van der Waals surface area (Å²) in [5.41, 5.74) is 0.919. The van der Waals surface area contributed by atoms with Crippen LogP contribution in [-0.2, 0) is 6.18 Å². The number of amides is 1. The van der Waals surface area contributed by atoms with Gasteiger partial charge in [-0.3, -0.25) is 4.79 Å². The molecule has 28 heavy (non-hydrogen) atoms. The second-order valence-electron chi connectivity index (χ2n) is 6.14. The highest BCUT2D eigenvalue weighted by molar-refractivity contribution is 6.06. The monoisotopic (exact) mass is 385 g/mol. The van der Waals surface area contributed by atoms with Gasteiger partial charge in [0.2, 0.25) is 0 Å². The molecule has 0 aliphatic rings. The molecule has 0 aliphatic heterocycles. The van der Waals surface area contributed by atoms with Crippen molar-refractivity contribution in [3.05, 3.63) is 90.3 Å². The van der Waals surface area contributed by atoms with Crippen LogP contribution in [0.1, 0.15) is 21.6 Å². The molecule has 0 unspecified atom stereocenters. The maximum atomic E-state index is 13.1. The number of rotatable bonds is 5. The predicted octanol–water partition coefficient (Wildman–Crippen LogP) is 5.03. The molecule has 144 valence electrons. The number of alkyl halides is 3. The largest absolute Gasteiger partial charge is 0.416 e. The van der Waals surface area contributed by atoms with Crippen molar-refractivity contribution in [2.24, 2.45) is 0 Å². The van der Waals surface area contributed by atoms with Crippen molar-refractivity contribution in [3.63, 3.8) is 0 Å². The van der Waals surface area contributed by atoms with Crippen molar-refractivity contribution in [1.82, 2.24) is 9.78 Å². The SMILES string of the molecule is C=CCN(C(=O)c1cnn(-c2cccc(C(F)(F)F)c2)c1C)c1ccccc1. The molecule has 4 nitrogen and oxygen atoms in total. The summed E-state index contributed by atoms with van der Waals surface area (Å²) in [7, 11) is 0. The molecule has 0 atom stereocenters. The van der Waals surface area contributed by atoms with E-state index in [-0.39, 0.29) is 18.1 Å². The van der Waals surface area contributed by atoms with Gasteiger partial charge in [0.05, 0.1) is 28.7 Å². The van der Waals surface area contributed by atoms with Crippen LogP contribution < -0.4 is 4.90 Å². The highest BCUT2D eigenvalue weighted by atomic mass is 19.4. The third-order valence-electron chi connectivity index (χ3n) is 4.28. The number of benzene rings is 2. The summed E-state index contributed by atoms with van der Waals surface area (Å²) in [4.78, 5) is 14.6. The Morgan fingerprint density at radius 1 is 1.18 bits per heavy atom. The summed E-state index contributed by atoms with van der Waals surface area (Å²) >= 11 is 0. The Hall–Kier alpha value is -3.35. The van der Waals surface area contributed by atoms with Crippen molar-refractivity contribution in [2.75, 3.05) is 11.4 Å². The molecule has 1 aromatic heterocycles. The van der Waals surface area contributed by atoms with Crippen molar-refractivity contribution in [2.45, 2.75) is 13.1 Å². The van der Waals surface area contributed by atoms with Gasteiger partial charge >= 0.3 is 6.18 Å². The highest BCUT2D eigenvalue weighted by Gasteiger charge is 2.31. The van der Waals surface area contributed by atoms with Crippen LogP contribution in [0.25, 0.3) is 5.69 Å². The molecule has 3 aromatic rings. The minimum atomic E-state index is -4.45. The van der Waals surface area contributed by atoms with Crippen molar-refractivity contribution < 1.29 is 18.0 Å². The topological polar surface area (TPSA) is 38.1 Å². The standard InChI is InChI=1S/C21H18F3N3O/c1-3-12-26(17-9-5-4-6-10-17)20(28)19-14-25-27(15(19)2)18-11-7-8-16(13-18)21(22,23)24/h3-11,13-14H,1,12H2,2H3. The summed E-state index contributed by atoms with van der Waals surface area (Å²) < 4.78 is 40.3. The first-order chi connectivity index (χ1) is 13.3. The molecule has 0 saturated carbocycles. The fraction of sp³-hybridized carbons (Fsp3) is 0.143. The molecule has 0 fully saturated rings. The molecule has 0 bridgehead atoms. The number of carbonyl (C=O) groups is 1. The Morgan fingerprint density at radius 2 is 1.89 bits per heavy atom. The van der Waals surface area contributed by atoms with Crippen molar-refractivity contribution in [1.29, 1.82) is 0 Å². The molecule has 0 aliphatic carbocycles. The molecule has 0 N–H and O–H groups in total. The van der Waals surface area contributed by atoms with Crippen molar-refractivity contribution in [3.8, 4) is 5.69 Å². The number of hydrogen-bond donors (Lipinski definition) is 0. The van der Waals surface area contributed by atoms with Gasteiger partial charge in [0.25, 0.3) is 5.91 Å². The zero-order chi connectivity index (χ0) is 20.3. The first-order valence-corrected chi connectivity index (χ1v) is 8.53. The van der Waals surface area contributed by atoms with Gasteiger partial charge in [-0.15, -0.1) is 6.58 Å². The van der Waals surface area contributed by atoms with Crippen LogP contribution in [0.15, 0.2) is 73.4 Å². The number of halogens is 3. The minimum absolute atomic E-state index is 0.237. The van der Waals surface area contributed by atoms with Gasteiger partial charge in [-0.2, -0.15) is 18.3 Å². The normalized spacial score (nSPS) is 11.3. The fourth-order valence-electron chi connectivity index (χ4n) is 2.88. The third kappa shape index (κ3) is 3.83. The average Bonchev–Trinajstić information content (AvgIpc) is 3.07. The first kappa shape index (κ1) is 19.4. The van der Waals surface area contributed by atoms with E-state index in [2.05, 4.69) is 11.7 Å². The van der Waals surface area contributed by atoms with E-state index in [1.54, 1.807) is 25.1 Å². The van der Waals surface area contributed by atoms with Gasteiger partial charge in [0.1, 0.15) is 0 Å². The predicted molar refractivity (Wildman–Crippen MR) is 102 cm³/mol. The van der Waals surface area contributed by atoms with E-state index in [9.17, 15) is 18.0 Å².